The number of halogens is 1. The van der Waals surface area contributed by atoms with Crippen LogP contribution in [0.15, 0.2) is 91.3 Å². The summed E-state index contributed by atoms with van der Waals surface area (Å²) in [5, 5.41) is 16.3. The Kier molecular flexibility index (Phi) is 6.64. The molecular weight excluding hydrogens is 477 g/mol. The molecule has 0 radical (unpaired) electrons. The van der Waals surface area contributed by atoms with Gasteiger partial charge in [-0.1, -0.05) is 18.2 Å². The average molecular weight is 502 g/mol. The Morgan fingerprint density at radius 1 is 1.06 bits per heavy atom. The van der Waals surface area contributed by atoms with Gasteiger partial charge in [-0.3, -0.25) is 9.78 Å². The molecule has 1 amide bonds. The molecule has 2 atom stereocenters. The third-order valence-electron chi connectivity index (χ3n) is 6.14. The van der Waals surface area contributed by atoms with Gasteiger partial charge >= 0.3 is 0 Å². The van der Waals surface area contributed by atoms with Crippen LogP contribution in [0.25, 0.3) is 5.69 Å². The Morgan fingerprint density at radius 3 is 2.58 bits per heavy atom. The molecule has 1 saturated heterocycles. The highest BCUT2D eigenvalue weighted by molar-refractivity contribution is 7.80. The predicted molar refractivity (Wildman–Crippen MR) is 139 cm³/mol. The molecule has 7 nitrogen and oxygen atoms in total. The van der Waals surface area contributed by atoms with Gasteiger partial charge in [0.15, 0.2) is 5.11 Å². The van der Waals surface area contributed by atoms with Crippen molar-refractivity contribution in [2.45, 2.75) is 18.5 Å². The van der Waals surface area contributed by atoms with Gasteiger partial charge in [0.2, 0.25) is 5.91 Å². The van der Waals surface area contributed by atoms with Gasteiger partial charge in [-0.25, -0.2) is 4.39 Å². The molecule has 9 heteroatoms. The number of hydrogen-bond acceptors (Lipinski definition) is 4. The van der Waals surface area contributed by atoms with E-state index in [1.807, 2.05) is 58.1 Å². The summed E-state index contributed by atoms with van der Waals surface area (Å²) < 4.78 is 16.0. The minimum Gasteiger partial charge on any atom is -0.508 e. The minimum absolute atomic E-state index is 0.113. The number of hydrogen-bond donors (Lipinski definition) is 3. The van der Waals surface area contributed by atoms with Crippen LogP contribution in [-0.4, -0.2) is 37.1 Å². The summed E-state index contributed by atoms with van der Waals surface area (Å²) >= 11 is 5.70. The highest BCUT2D eigenvalue weighted by Crippen LogP contribution is 2.39. The van der Waals surface area contributed by atoms with Crippen molar-refractivity contribution in [3.05, 3.63) is 108 Å². The predicted octanol–water partition coefficient (Wildman–Crippen LogP) is 4.72. The molecule has 1 aliphatic heterocycles. The van der Waals surface area contributed by atoms with E-state index in [9.17, 15) is 14.3 Å². The summed E-state index contributed by atoms with van der Waals surface area (Å²) in [6, 6.07) is 22.2. The molecule has 0 unspecified atom stereocenters. The topological polar surface area (TPSA) is 82.4 Å². The maximum absolute atomic E-state index is 14.0. The second-order valence-electron chi connectivity index (χ2n) is 8.42. The molecule has 2 aromatic carbocycles. The van der Waals surface area contributed by atoms with E-state index >= 15 is 0 Å². The van der Waals surface area contributed by atoms with E-state index in [-0.39, 0.29) is 35.8 Å². The van der Waals surface area contributed by atoms with Crippen molar-refractivity contribution in [1.82, 2.24) is 19.8 Å². The first-order valence-corrected chi connectivity index (χ1v) is 11.9. The maximum Gasteiger partial charge on any atom is 0.226 e. The van der Waals surface area contributed by atoms with Crippen molar-refractivity contribution in [3.8, 4) is 11.4 Å². The standard InChI is InChI=1S/C27H24FN5O2S/c28-20-6-1-2-7-21(20)30-24(35)14-17-33-26(25(31-27(33)36)22-8-3-4-15-29-22)23-9-5-16-32(23)18-10-12-19(34)13-11-18/h1-13,15-16,25-26,34H,14,17H2,(H,30,35)(H,31,36)/t25-,26-/m0/s1. The Morgan fingerprint density at radius 2 is 1.83 bits per heavy atom. The Balaban J connectivity index is 1.44. The summed E-state index contributed by atoms with van der Waals surface area (Å²) in [7, 11) is 0. The zero-order valence-corrected chi connectivity index (χ0v) is 20.0. The third-order valence-corrected chi connectivity index (χ3v) is 6.49. The number of nitrogens with zero attached hydrogens (tertiary/aromatic N) is 3. The molecule has 3 heterocycles. The zero-order chi connectivity index (χ0) is 25.1. The number of anilines is 1. The first-order valence-electron chi connectivity index (χ1n) is 11.5. The van der Waals surface area contributed by atoms with Crippen molar-refractivity contribution >= 4 is 28.9 Å². The van der Waals surface area contributed by atoms with Crippen LogP contribution in [0.5, 0.6) is 5.75 Å². The van der Waals surface area contributed by atoms with Crippen LogP contribution in [0, 0.1) is 5.82 Å². The van der Waals surface area contributed by atoms with Gasteiger partial charge in [-0.05, 0) is 72.9 Å². The molecule has 0 spiro atoms. The molecule has 0 bridgehead atoms. The lowest BCUT2D eigenvalue weighted by Crippen LogP contribution is -2.33. The van der Waals surface area contributed by atoms with Gasteiger partial charge in [0, 0.05) is 36.7 Å². The van der Waals surface area contributed by atoms with Crippen molar-refractivity contribution in [2.24, 2.45) is 0 Å². The number of phenols is 1. The monoisotopic (exact) mass is 501 g/mol. The third kappa shape index (κ3) is 4.78. The lowest BCUT2D eigenvalue weighted by Gasteiger charge is -2.29. The highest BCUT2D eigenvalue weighted by Gasteiger charge is 2.41. The quantitative estimate of drug-likeness (QED) is 0.318. The summed E-state index contributed by atoms with van der Waals surface area (Å²) in [5.74, 6) is -0.606. The first-order chi connectivity index (χ1) is 17.5. The lowest BCUT2D eigenvalue weighted by molar-refractivity contribution is -0.116. The minimum atomic E-state index is -0.482. The van der Waals surface area contributed by atoms with E-state index < -0.39 is 5.82 Å². The molecule has 1 fully saturated rings. The molecule has 3 N–H and O–H groups in total. The fraction of sp³-hybridized carbons (Fsp3) is 0.148. The number of nitrogens with one attached hydrogen (secondary N) is 2. The second-order valence-corrected chi connectivity index (χ2v) is 8.80. The molecule has 4 aromatic rings. The van der Waals surface area contributed by atoms with Gasteiger partial charge in [0.05, 0.1) is 23.5 Å². The van der Waals surface area contributed by atoms with E-state index in [0.717, 1.165) is 17.1 Å². The smallest absolute Gasteiger partial charge is 0.226 e. The van der Waals surface area contributed by atoms with E-state index in [1.54, 1.807) is 30.5 Å². The molecule has 1 aliphatic rings. The number of thiocarbonyl (C=S) groups is 1. The van der Waals surface area contributed by atoms with Crippen molar-refractivity contribution < 1.29 is 14.3 Å². The maximum atomic E-state index is 14.0. The largest absolute Gasteiger partial charge is 0.508 e. The molecule has 36 heavy (non-hydrogen) atoms. The van der Waals surface area contributed by atoms with Crippen molar-refractivity contribution in [3.63, 3.8) is 0 Å². The number of benzene rings is 2. The van der Waals surface area contributed by atoms with E-state index in [1.165, 1.54) is 12.1 Å². The van der Waals surface area contributed by atoms with Crippen LogP contribution in [0.2, 0.25) is 0 Å². The second kappa shape index (κ2) is 10.2. The van der Waals surface area contributed by atoms with Gasteiger partial charge in [-0.15, -0.1) is 0 Å². The fourth-order valence-corrected chi connectivity index (χ4v) is 4.78. The Labute approximate surface area is 213 Å². The molecule has 182 valence electrons. The van der Waals surface area contributed by atoms with E-state index in [4.69, 9.17) is 12.2 Å². The van der Waals surface area contributed by atoms with Gasteiger partial charge < -0.3 is 25.2 Å². The molecular formula is C27H24FN5O2S. The molecule has 2 aromatic heterocycles. The number of amides is 1. The van der Waals surface area contributed by atoms with Crippen LogP contribution in [0.3, 0.4) is 0 Å². The molecule has 0 aliphatic carbocycles. The number of carbonyl (C=O) groups is 1. The van der Waals surface area contributed by atoms with Crippen LogP contribution in [0.4, 0.5) is 10.1 Å². The fourth-order valence-electron chi connectivity index (χ4n) is 4.45. The molecule has 5 rings (SSSR count). The highest BCUT2D eigenvalue weighted by atomic mass is 32.1. The lowest BCUT2D eigenvalue weighted by atomic mass is 10.0. The SMILES string of the molecule is O=C(CCN1C(=S)N[C@@H](c2ccccn2)[C@@H]1c1cccn1-c1ccc(O)cc1)Nc1ccccc1F. The number of carbonyl (C=O) groups excluding carboxylic acids is 1. The summed E-state index contributed by atoms with van der Waals surface area (Å²) in [4.78, 5) is 19.2. The normalized spacial score (nSPS) is 17.1. The van der Waals surface area contributed by atoms with E-state index in [0.29, 0.717) is 11.7 Å². The van der Waals surface area contributed by atoms with Gasteiger partial charge in [0.1, 0.15) is 11.6 Å². The van der Waals surface area contributed by atoms with Crippen LogP contribution in [0.1, 0.15) is 29.9 Å². The summed E-state index contributed by atoms with van der Waals surface area (Å²) in [6.07, 6.45) is 3.80. The van der Waals surface area contributed by atoms with Crippen molar-refractivity contribution in [1.29, 1.82) is 0 Å². The Bertz CT molecular complexity index is 1380. The van der Waals surface area contributed by atoms with Crippen LogP contribution >= 0.6 is 12.2 Å². The zero-order valence-electron chi connectivity index (χ0n) is 19.2. The molecule has 0 saturated carbocycles. The van der Waals surface area contributed by atoms with Crippen LogP contribution < -0.4 is 10.6 Å². The van der Waals surface area contributed by atoms with Crippen molar-refractivity contribution in [2.75, 3.05) is 11.9 Å². The number of aromatic nitrogens is 2. The number of rotatable bonds is 7. The summed E-state index contributed by atoms with van der Waals surface area (Å²) in [6.45, 7) is 0.320. The van der Waals surface area contributed by atoms with Gasteiger partial charge in [0.25, 0.3) is 0 Å². The van der Waals surface area contributed by atoms with Gasteiger partial charge in [-0.2, -0.15) is 0 Å². The number of pyridine rings is 1. The Hall–Kier alpha value is -4.24. The van der Waals surface area contributed by atoms with E-state index in [2.05, 4.69) is 15.6 Å². The number of aromatic hydroxyl groups is 1. The number of para-hydroxylation sites is 1. The van der Waals surface area contributed by atoms with Crippen LogP contribution in [-0.2, 0) is 4.79 Å². The average Bonchev–Trinajstić information content (AvgIpc) is 3.49. The number of phenolic OH excluding ortho intramolecular Hbond substituents is 1. The first kappa shape index (κ1) is 23.5. The summed E-state index contributed by atoms with van der Waals surface area (Å²) in [5.41, 5.74) is 2.79.